The van der Waals surface area contributed by atoms with Crippen molar-refractivity contribution >= 4 is 0 Å². The summed E-state index contributed by atoms with van der Waals surface area (Å²) in [5.74, 6) is 0. The molecule has 17 heavy (non-hydrogen) atoms. The normalized spacial score (nSPS) is 26.6. The van der Waals surface area contributed by atoms with Gasteiger partial charge in [-0.15, -0.1) is 0 Å². The van der Waals surface area contributed by atoms with E-state index in [1.807, 2.05) is 0 Å². The molecule has 0 radical (unpaired) electrons. The second kappa shape index (κ2) is 6.02. The summed E-state index contributed by atoms with van der Waals surface area (Å²) in [6.07, 6.45) is -2.52. The molecule has 1 rings (SSSR count). The highest BCUT2D eigenvalue weighted by Crippen LogP contribution is 2.28. The van der Waals surface area contributed by atoms with E-state index in [-0.39, 0.29) is 12.0 Å². The van der Waals surface area contributed by atoms with Crippen LogP contribution in [0.1, 0.15) is 19.8 Å². The molecule has 1 aliphatic rings. The molecule has 0 aromatic rings. The van der Waals surface area contributed by atoms with Crippen LogP contribution < -0.4 is 5.73 Å². The van der Waals surface area contributed by atoms with Gasteiger partial charge >= 0.3 is 6.18 Å². The average Bonchev–Trinajstić information content (AvgIpc) is 2.59. The number of halogens is 3. The minimum atomic E-state index is -4.22. The van der Waals surface area contributed by atoms with Crippen molar-refractivity contribution in [2.75, 3.05) is 39.4 Å². The first-order chi connectivity index (χ1) is 7.85. The molecule has 2 N–H and O–H groups in total. The topological polar surface area (TPSA) is 38.5 Å². The van der Waals surface area contributed by atoms with Crippen molar-refractivity contribution in [1.29, 1.82) is 0 Å². The van der Waals surface area contributed by atoms with Gasteiger partial charge in [-0.2, -0.15) is 13.2 Å². The fourth-order valence-electron chi connectivity index (χ4n) is 2.06. The van der Waals surface area contributed by atoms with Crippen LogP contribution in [0.4, 0.5) is 13.2 Å². The summed E-state index contributed by atoms with van der Waals surface area (Å²) in [5.41, 5.74) is 5.85. The van der Waals surface area contributed by atoms with Gasteiger partial charge in [0.25, 0.3) is 0 Å². The Hall–Kier alpha value is -0.330. The Morgan fingerprint density at radius 2 is 2.12 bits per heavy atom. The first kappa shape index (κ1) is 14.7. The minimum absolute atomic E-state index is 0.162. The van der Waals surface area contributed by atoms with E-state index in [1.165, 1.54) is 0 Å². The van der Waals surface area contributed by atoms with Gasteiger partial charge < -0.3 is 15.4 Å². The van der Waals surface area contributed by atoms with Gasteiger partial charge in [0.05, 0.1) is 0 Å². The Morgan fingerprint density at radius 3 is 2.65 bits per heavy atom. The molecule has 1 saturated heterocycles. The zero-order valence-electron chi connectivity index (χ0n) is 10.2. The Balaban J connectivity index is 2.05. The maximum atomic E-state index is 11.8. The molecule has 3 nitrogen and oxygen atoms in total. The fourth-order valence-corrected chi connectivity index (χ4v) is 2.06. The molecule has 1 unspecified atom stereocenters. The van der Waals surface area contributed by atoms with Crippen LogP contribution in [0.25, 0.3) is 0 Å². The van der Waals surface area contributed by atoms with Crippen LogP contribution in [-0.2, 0) is 4.74 Å². The van der Waals surface area contributed by atoms with E-state index in [0.717, 1.165) is 26.1 Å². The van der Waals surface area contributed by atoms with Crippen LogP contribution in [0, 0.1) is 5.41 Å². The zero-order chi connectivity index (χ0) is 12.9. The molecule has 0 aromatic carbocycles. The molecule has 0 spiro atoms. The SMILES string of the molecule is CC1(CN)CCN(CCCOCC(F)(F)F)C1. The standard InChI is InChI=1S/C11H21F3N2O/c1-10(7-15)3-5-16(8-10)4-2-6-17-9-11(12,13)14/h2-9,15H2,1H3. The van der Waals surface area contributed by atoms with Crippen molar-refractivity contribution in [3.05, 3.63) is 0 Å². The van der Waals surface area contributed by atoms with Gasteiger partial charge in [0.2, 0.25) is 0 Å². The molecule has 0 saturated carbocycles. The third-order valence-corrected chi connectivity index (χ3v) is 3.16. The molecule has 1 heterocycles. The van der Waals surface area contributed by atoms with Crippen LogP contribution in [0.3, 0.4) is 0 Å². The molecule has 0 bridgehead atoms. The van der Waals surface area contributed by atoms with E-state index in [2.05, 4.69) is 16.6 Å². The summed E-state index contributed by atoms with van der Waals surface area (Å²) >= 11 is 0. The maximum Gasteiger partial charge on any atom is 0.411 e. The number of likely N-dealkylation sites (tertiary alicyclic amines) is 1. The molecular weight excluding hydrogens is 233 g/mol. The lowest BCUT2D eigenvalue weighted by Gasteiger charge is -2.22. The summed E-state index contributed by atoms with van der Waals surface area (Å²) in [6.45, 7) is 4.52. The molecule has 0 aromatic heterocycles. The molecule has 1 aliphatic heterocycles. The second-order valence-corrected chi connectivity index (χ2v) is 5.06. The number of nitrogens with zero attached hydrogens (tertiary/aromatic N) is 1. The lowest BCUT2D eigenvalue weighted by Crippen LogP contribution is -2.32. The number of hydrogen-bond acceptors (Lipinski definition) is 3. The lowest BCUT2D eigenvalue weighted by molar-refractivity contribution is -0.174. The zero-order valence-corrected chi connectivity index (χ0v) is 10.2. The third kappa shape index (κ3) is 5.70. The predicted octanol–water partition coefficient (Wildman–Crippen LogP) is 1.63. The van der Waals surface area contributed by atoms with Crippen LogP contribution in [-0.4, -0.2) is 50.5 Å². The number of rotatable bonds is 6. The third-order valence-electron chi connectivity index (χ3n) is 3.16. The van der Waals surface area contributed by atoms with E-state index < -0.39 is 12.8 Å². The minimum Gasteiger partial charge on any atom is -0.372 e. The molecular formula is C11H21F3N2O. The summed E-state index contributed by atoms with van der Waals surface area (Å²) in [6, 6.07) is 0. The van der Waals surface area contributed by atoms with Crippen molar-refractivity contribution in [3.8, 4) is 0 Å². The summed E-state index contributed by atoms with van der Waals surface area (Å²) in [4.78, 5) is 2.24. The predicted molar refractivity (Wildman–Crippen MR) is 59.7 cm³/mol. The summed E-state index contributed by atoms with van der Waals surface area (Å²) in [5, 5.41) is 0. The van der Waals surface area contributed by atoms with Gasteiger partial charge in [0.15, 0.2) is 0 Å². The molecule has 0 aliphatic carbocycles. The monoisotopic (exact) mass is 254 g/mol. The van der Waals surface area contributed by atoms with Crippen molar-refractivity contribution < 1.29 is 17.9 Å². The molecule has 0 amide bonds. The number of ether oxygens (including phenoxy) is 1. The van der Waals surface area contributed by atoms with E-state index in [4.69, 9.17) is 5.73 Å². The first-order valence-electron chi connectivity index (χ1n) is 5.92. The van der Waals surface area contributed by atoms with E-state index in [9.17, 15) is 13.2 Å². The molecule has 6 heteroatoms. The number of hydrogen-bond donors (Lipinski definition) is 1. The van der Waals surface area contributed by atoms with Crippen molar-refractivity contribution in [3.63, 3.8) is 0 Å². The van der Waals surface area contributed by atoms with Crippen molar-refractivity contribution in [2.45, 2.75) is 25.9 Å². The van der Waals surface area contributed by atoms with E-state index in [0.29, 0.717) is 13.0 Å². The van der Waals surface area contributed by atoms with Gasteiger partial charge in [0.1, 0.15) is 6.61 Å². The number of alkyl halides is 3. The Morgan fingerprint density at radius 1 is 1.41 bits per heavy atom. The summed E-state index contributed by atoms with van der Waals surface area (Å²) < 4.78 is 39.9. The van der Waals surface area contributed by atoms with Crippen LogP contribution in [0.15, 0.2) is 0 Å². The highest BCUT2D eigenvalue weighted by atomic mass is 19.4. The van der Waals surface area contributed by atoms with Crippen LogP contribution >= 0.6 is 0 Å². The lowest BCUT2D eigenvalue weighted by atomic mass is 9.90. The highest BCUT2D eigenvalue weighted by Gasteiger charge is 2.32. The fraction of sp³-hybridized carbons (Fsp3) is 1.00. The molecule has 1 fully saturated rings. The van der Waals surface area contributed by atoms with Crippen molar-refractivity contribution in [1.82, 2.24) is 4.90 Å². The number of nitrogens with two attached hydrogens (primary N) is 1. The smallest absolute Gasteiger partial charge is 0.372 e. The quantitative estimate of drug-likeness (QED) is 0.732. The van der Waals surface area contributed by atoms with Gasteiger partial charge in [-0.3, -0.25) is 0 Å². The van der Waals surface area contributed by atoms with Gasteiger partial charge in [-0.25, -0.2) is 0 Å². The maximum absolute atomic E-state index is 11.8. The molecule has 1 atom stereocenters. The Kier molecular flexibility index (Phi) is 5.22. The van der Waals surface area contributed by atoms with Crippen LogP contribution in [0.2, 0.25) is 0 Å². The average molecular weight is 254 g/mol. The first-order valence-corrected chi connectivity index (χ1v) is 5.92. The largest absolute Gasteiger partial charge is 0.411 e. The van der Waals surface area contributed by atoms with Gasteiger partial charge in [0, 0.05) is 19.7 Å². The Bertz CT molecular complexity index is 235. The molecule has 102 valence electrons. The van der Waals surface area contributed by atoms with E-state index in [1.54, 1.807) is 0 Å². The Labute approximate surface area is 100 Å². The van der Waals surface area contributed by atoms with Crippen LogP contribution in [0.5, 0.6) is 0 Å². The van der Waals surface area contributed by atoms with Crippen molar-refractivity contribution in [2.24, 2.45) is 11.1 Å². The second-order valence-electron chi connectivity index (χ2n) is 5.06. The van der Waals surface area contributed by atoms with Gasteiger partial charge in [-0.1, -0.05) is 6.92 Å². The van der Waals surface area contributed by atoms with E-state index >= 15 is 0 Å². The van der Waals surface area contributed by atoms with Gasteiger partial charge in [-0.05, 0) is 31.3 Å². The summed E-state index contributed by atoms with van der Waals surface area (Å²) in [7, 11) is 0. The highest BCUT2D eigenvalue weighted by molar-refractivity contribution is 4.86.